The zero-order chi connectivity index (χ0) is 18.4. The Morgan fingerprint density at radius 3 is 2.60 bits per heavy atom. The number of hydrogen-bond acceptors (Lipinski definition) is 5. The van der Waals surface area contributed by atoms with Crippen LogP contribution >= 0.6 is 56.9 Å². The van der Waals surface area contributed by atoms with Gasteiger partial charge in [-0.2, -0.15) is 0 Å². The molecule has 2 rings (SSSR count). The number of benzene rings is 1. The minimum absolute atomic E-state index is 0.165. The smallest absolute Gasteiger partial charge is 0.342 e. The van der Waals surface area contributed by atoms with Gasteiger partial charge in [-0.3, -0.25) is 5.10 Å². The molecular weight excluding hydrogens is 568 g/mol. The number of carboxylic acids is 1. The first-order valence-electron chi connectivity index (χ1n) is 7.60. The number of hydrogen-bond donors (Lipinski definition) is 2. The molecule has 1 aromatic carbocycles. The van der Waals surface area contributed by atoms with E-state index in [-0.39, 0.29) is 4.91 Å². The number of thioether (sulfide) groups is 1. The van der Waals surface area contributed by atoms with E-state index in [1.165, 1.54) is 0 Å². The summed E-state index contributed by atoms with van der Waals surface area (Å²) in [5, 5.41) is 16.8. The fraction of sp³-hybridized carbons (Fsp3) is 0.312. The van der Waals surface area contributed by atoms with Crippen LogP contribution in [0.2, 0.25) is 0 Å². The molecule has 1 aromatic heterocycles. The second-order valence-corrected chi connectivity index (χ2v) is 8.31. The van der Waals surface area contributed by atoms with Crippen LogP contribution in [0.1, 0.15) is 31.7 Å². The van der Waals surface area contributed by atoms with Crippen LogP contribution in [0.4, 0.5) is 0 Å². The van der Waals surface area contributed by atoms with Crippen LogP contribution in [0.5, 0.6) is 5.75 Å². The molecule has 0 bridgehead atoms. The summed E-state index contributed by atoms with van der Waals surface area (Å²) >= 11 is 5.42. The number of aromatic amines is 1. The molecule has 0 aliphatic carbocycles. The lowest BCUT2D eigenvalue weighted by atomic mass is 10.2. The Kier molecular flexibility index (Phi) is 8.00. The van der Waals surface area contributed by atoms with Gasteiger partial charge in [-0.05, 0) is 94.1 Å². The van der Waals surface area contributed by atoms with Crippen molar-refractivity contribution < 1.29 is 14.6 Å². The Morgan fingerprint density at radius 1 is 1.36 bits per heavy atom. The molecule has 0 radical (unpaired) electrons. The number of halogens is 2. The van der Waals surface area contributed by atoms with Crippen molar-refractivity contribution in [2.24, 2.45) is 0 Å². The number of nitrogens with zero attached hydrogens (tertiary/aromatic N) is 2. The quantitative estimate of drug-likeness (QED) is 0.268. The summed E-state index contributed by atoms with van der Waals surface area (Å²) in [6.45, 7) is 4.57. The Hall–Kier alpha value is -0.820. The van der Waals surface area contributed by atoms with E-state index in [0.717, 1.165) is 48.9 Å². The van der Waals surface area contributed by atoms with Crippen molar-refractivity contribution in [1.29, 1.82) is 0 Å². The van der Waals surface area contributed by atoms with E-state index >= 15 is 0 Å². The van der Waals surface area contributed by atoms with Crippen LogP contribution in [0.3, 0.4) is 0 Å². The molecule has 1 heterocycles. The summed E-state index contributed by atoms with van der Waals surface area (Å²) in [6.07, 6.45) is 3.36. The Labute approximate surface area is 177 Å². The predicted octanol–water partition coefficient (Wildman–Crippen LogP) is 4.58. The maximum atomic E-state index is 11.6. The van der Waals surface area contributed by atoms with Crippen LogP contribution in [0.15, 0.2) is 22.2 Å². The van der Waals surface area contributed by atoms with Crippen LogP contribution in [-0.2, 0) is 11.2 Å². The first-order valence-corrected chi connectivity index (χ1v) is 10.6. The number of ether oxygens (including phenoxy) is 1. The average Bonchev–Trinajstić information content (AvgIpc) is 2.98. The molecule has 0 unspecified atom stereocenters. The van der Waals surface area contributed by atoms with Gasteiger partial charge >= 0.3 is 5.97 Å². The Morgan fingerprint density at radius 2 is 2.04 bits per heavy atom. The predicted molar refractivity (Wildman–Crippen MR) is 115 cm³/mol. The van der Waals surface area contributed by atoms with E-state index in [9.17, 15) is 9.90 Å². The minimum Gasteiger partial charge on any atom is -0.492 e. The molecule has 2 aromatic rings. The molecule has 0 saturated heterocycles. The van der Waals surface area contributed by atoms with Gasteiger partial charge in [0, 0.05) is 6.42 Å². The molecule has 6 nitrogen and oxygen atoms in total. The SMILES string of the molecule is CCCc1nc(S/C(=C\c2cc(I)c(OCC)c(I)c2)C(=O)O)n[nH]1. The third-order valence-electron chi connectivity index (χ3n) is 3.02. The van der Waals surface area contributed by atoms with Gasteiger partial charge in [0.15, 0.2) is 0 Å². The van der Waals surface area contributed by atoms with Crippen LogP contribution in [0, 0.1) is 7.14 Å². The van der Waals surface area contributed by atoms with Gasteiger partial charge in [-0.25, -0.2) is 9.78 Å². The van der Waals surface area contributed by atoms with Gasteiger partial charge in [-0.1, -0.05) is 6.92 Å². The normalized spacial score (nSPS) is 11.6. The van der Waals surface area contributed by atoms with Crippen molar-refractivity contribution in [1.82, 2.24) is 15.2 Å². The summed E-state index contributed by atoms with van der Waals surface area (Å²) in [4.78, 5) is 16.1. The van der Waals surface area contributed by atoms with E-state index in [2.05, 4.69) is 60.4 Å². The maximum Gasteiger partial charge on any atom is 0.342 e. The highest BCUT2D eigenvalue weighted by atomic mass is 127. The molecule has 0 fully saturated rings. The first-order chi connectivity index (χ1) is 11.9. The number of H-pyrrole nitrogens is 1. The number of aromatic nitrogens is 3. The summed E-state index contributed by atoms with van der Waals surface area (Å²) in [5.41, 5.74) is 0.798. The number of aryl methyl sites for hydroxylation is 1. The Balaban J connectivity index is 2.28. The van der Waals surface area contributed by atoms with Crippen molar-refractivity contribution in [3.8, 4) is 5.75 Å². The monoisotopic (exact) mass is 585 g/mol. The summed E-state index contributed by atoms with van der Waals surface area (Å²) in [7, 11) is 0. The topological polar surface area (TPSA) is 88.1 Å². The zero-order valence-corrected chi connectivity index (χ0v) is 18.8. The Bertz CT molecular complexity index is 770. The highest BCUT2D eigenvalue weighted by Crippen LogP contribution is 2.32. The molecule has 25 heavy (non-hydrogen) atoms. The second kappa shape index (κ2) is 9.76. The van der Waals surface area contributed by atoms with E-state index in [1.54, 1.807) is 6.08 Å². The fourth-order valence-corrected chi connectivity index (χ4v) is 4.86. The highest BCUT2D eigenvalue weighted by molar-refractivity contribution is 14.1. The number of carboxylic acid groups (broad SMARTS) is 1. The van der Waals surface area contributed by atoms with E-state index < -0.39 is 5.97 Å². The first kappa shape index (κ1) is 20.5. The van der Waals surface area contributed by atoms with Crippen molar-refractivity contribution >= 4 is 69.0 Å². The van der Waals surface area contributed by atoms with E-state index in [4.69, 9.17) is 4.74 Å². The third-order valence-corrected chi connectivity index (χ3v) is 5.50. The van der Waals surface area contributed by atoms with Gasteiger partial charge in [0.25, 0.3) is 0 Å². The van der Waals surface area contributed by atoms with Gasteiger partial charge < -0.3 is 9.84 Å². The summed E-state index contributed by atoms with van der Waals surface area (Å²) in [5.74, 6) is 0.578. The zero-order valence-electron chi connectivity index (χ0n) is 13.7. The van der Waals surface area contributed by atoms with E-state index in [0.29, 0.717) is 11.8 Å². The second-order valence-electron chi connectivity index (χ2n) is 4.98. The average molecular weight is 585 g/mol. The number of nitrogens with one attached hydrogen (secondary N) is 1. The van der Waals surface area contributed by atoms with Crippen molar-refractivity contribution in [2.45, 2.75) is 31.8 Å². The number of rotatable bonds is 8. The molecule has 0 saturated carbocycles. The number of carbonyl (C=O) groups is 1. The summed E-state index contributed by atoms with van der Waals surface area (Å²) in [6, 6.07) is 3.80. The standard InChI is InChI=1S/C16H17I2N3O3S/c1-3-5-13-19-16(21-20-13)25-12(15(22)23)8-9-6-10(17)14(24-4-2)11(18)7-9/h6-8H,3-5H2,1-2H3,(H,22,23)(H,19,20,21)/b12-8-. The molecule has 2 N–H and O–H groups in total. The van der Waals surface area contributed by atoms with Crippen molar-refractivity contribution in [3.63, 3.8) is 0 Å². The molecule has 0 amide bonds. The van der Waals surface area contributed by atoms with Crippen molar-refractivity contribution in [3.05, 3.63) is 35.6 Å². The molecule has 134 valence electrons. The van der Waals surface area contributed by atoms with Crippen molar-refractivity contribution in [2.75, 3.05) is 6.61 Å². The largest absolute Gasteiger partial charge is 0.492 e. The fourth-order valence-electron chi connectivity index (χ4n) is 2.00. The van der Waals surface area contributed by atoms with Gasteiger partial charge in [-0.15, -0.1) is 5.10 Å². The van der Waals surface area contributed by atoms with Gasteiger partial charge in [0.1, 0.15) is 16.5 Å². The summed E-state index contributed by atoms with van der Waals surface area (Å²) < 4.78 is 7.50. The van der Waals surface area contributed by atoms with Gasteiger partial charge in [0.05, 0.1) is 13.7 Å². The third kappa shape index (κ3) is 5.84. The molecule has 9 heteroatoms. The minimum atomic E-state index is -1.01. The van der Waals surface area contributed by atoms with Crippen LogP contribution in [0.25, 0.3) is 6.08 Å². The lowest BCUT2D eigenvalue weighted by Gasteiger charge is -2.10. The van der Waals surface area contributed by atoms with E-state index in [1.807, 2.05) is 26.0 Å². The molecule has 0 spiro atoms. The van der Waals surface area contributed by atoms with Crippen LogP contribution < -0.4 is 4.74 Å². The lowest BCUT2D eigenvalue weighted by molar-refractivity contribution is -0.131. The maximum absolute atomic E-state index is 11.6. The van der Waals surface area contributed by atoms with Crippen LogP contribution in [-0.4, -0.2) is 32.9 Å². The van der Waals surface area contributed by atoms with Gasteiger partial charge in [0.2, 0.25) is 5.16 Å². The number of aliphatic carboxylic acids is 1. The molecule has 0 aliphatic heterocycles. The lowest BCUT2D eigenvalue weighted by Crippen LogP contribution is -1.99. The molecule has 0 atom stereocenters. The molecular formula is C16H17I2N3O3S. The molecule has 0 aliphatic rings. The highest BCUT2D eigenvalue weighted by Gasteiger charge is 2.15.